The fraction of sp³-hybridized carbons (Fsp3) is 0.400. The van der Waals surface area contributed by atoms with Crippen molar-refractivity contribution in [2.75, 3.05) is 13.2 Å². The van der Waals surface area contributed by atoms with Gasteiger partial charge in [-0.2, -0.15) is 0 Å². The third-order valence-corrected chi connectivity index (χ3v) is 4.88. The number of nitrogens with one attached hydrogen (secondary N) is 1. The molecule has 1 aromatic heterocycles. The zero-order chi connectivity index (χ0) is 18.0. The van der Waals surface area contributed by atoms with Crippen LogP contribution in [0.5, 0.6) is 0 Å². The van der Waals surface area contributed by atoms with E-state index < -0.39 is 17.4 Å². The molecule has 0 radical (unpaired) electrons. The Balaban J connectivity index is 2.16. The molecule has 3 rings (SSSR count). The van der Waals surface area contributed by atoms with Crippen molar-refractivity contribution in [2.24, 2.45) is 5.41 Å². The van der Waals surface area contributed by atoms with Gasteiger partial charge in [-0.05, 0) is 31.9 Å². The largest absolute Gasteiger partial charge is 0.465 e. The number of para-hydroxylation sites is 1. The Morgan fingerprint density at radius 3 is 2.48 bits per heavy atom. The van der Waals surface area contributed by atoms with Gasteiger partial charge in [0.05, 0.1) is 13.2 Å². The standard InChI is InChI=1S/C20H23NO4/c1-4-13-11-20(18(22)24-5-2,19(23)25-6-3)12-15-14-9-7-8-10-16(14)21-17(13)15/h4,7-10,13,21H,1,5-6,11-12H2,2-3H3/t13-/m1/s1. The summed E-state index contributed by atoms with van der Waals surface area (Å²) < 4.78 is 10.5. The van der Waals surface area contributed by atoms with Crippen LogP contribution in [0.25, 0.3) is 10.9 Å². The van der Waals surface area contributed by atoms with Crippen LogP contribution in [0.2, 0.25) is 0 Å². The van der Waals surface area contributed by atoms with Crippen molar-refractivity contribution < 1.29 is 19.1 Å². The summed E-state index contributed by atoms with van der Waals surface area (Å²) in [5.74, 6) is -1.18. The molecule has 132 valence electrons. The minimum absolute atomic E-state index is 0.148. The number of fused-ring (bicyclic) bond motifs is 3. The Bertz CT molecular complexity index is 802. The third kappa shape index (κ3) is 2.73. The van der Waals surface area contributed by atoms with Gasteiger partial charge in [0.25, 0.3) is 0 Å². The fourth-order valence-corrected chi connectivity index (χ4v) is 3.71. The van der Waals surface area contributed by atoms with Gasteiger partial charge in [0.2, 0.25) is 0 Å². The molecule has 0 bridgehead atoms. The van der Waals surface area contributed by atoms with Gasteiger partial charge in [0.15, 0.2) is 5.41 Å². The summed E-state index contributed by atoms with van der Waals surface area (Å²) in [7, 11) is 0. The number of rotatable bonds is 5. The van der Waals surface area contributed by atoms with E-state index in [-0.39, 0.29) is 25.6 Å². The average molecular weight is 341 g/mol. The number of aromatic amines is 1. The van der Waals surface area contributed by atoms with Crippen LogP contribution in [0, 0.1) is 5.41 Å². The maximum atomic E-state index is 12.8. The van der Waals surface area contributed by atoms with Gasteiger partial charge >= 0.3 is 11.9 Å². The van der Waals surface area contributed by atoms with Crippen molar-refractivity contribution in [2.45, 2.75) is 32.6 Å². The second-order valence-corrected chi connectivity index (χ2v) is 6.31. The maximum absolute atomic E-state index is 12.8. The van der Waals surface area contributed by atoms with Crippen LogP contribution < -0.4 is 0 Å². The molecule has 2 aromatic rings. The number of carbonyl (C=O) groups is 2. The van der Waals surface area contributed by atoms with E-state index in [2.05, 4.69) is 11.6 Å². The number of H-pyrrole nitrogens is 1. The van der Waals surface area contributed by atoms with Crippen LogP contribution in [0.3, 0.4) is 0 Å². The van der Waals surface area contributed by atoms with Crippen molar-refractivity contribution >= 4 is 22.8 Å². The summed E-state index contributed by atoms with van der Waals surface area (Å²) >= 11 is 0. The van der Waals surface area contributed by atoms with Gasteiger partial charge in [-0.25, -0.2) is 0 Å². The predicted molar refractivity (Wildman–Crippen MR) is 95.3 cm³/mol. The normalized spacial score (nSPS) is 18.4. The lowest BCUT2D eigenvalue weighted by molar-refractivity contribution is -0.173. The Morgan fingerprint density at radius 2 is 1.88 bits per heavy atom. The van der Waals surface area contributed by atoms with Crippen molar-refractivity contribution in [1.82, 2.24) is 4.98 Å². The Labute approximate surface area is 147 Å². The fourth-order valence-electron chi connectivity index (χ4n) is 3.71. The molecule has 0 aliphatic heterocycles. The highest BCUT2D eigenvalue weighted by atomic mass is 16.6. The molecule has 0 unspecified atom stereocenters. The second kappa shape index (κ2) is 6.75. The van der Waals surface area contributed by atoms with Crippen LogP contribution in [-0.2, 0) is 25.5 Å². The zero-order valence-electron chi connectivity index (χ0n) is 14.6. The molecule has 5 heteroatoms. The number of allylic oxidation sites excluding steroid dienone is 1. The van der Waals surface area contributed by atoms with Crippen LogP contribution in [-0.4, -0.2) is 30.1 Å². The van der Waals surface area contributed by atoms with Crippen molar-refractivity contribution in [1.29, 1.82) is 0 Å². The molecule has 1 heterocycles. The number of aromatic nitrogens is 1. The number of benzene rings is 1. The first-order valence-electron chi connectivity index (χ1n) is 8.63. The first-order valence-corrected chi connectivity index (χ1v) is 8.63. The second-order valence-electron chi connectivity index (χ2n) is 6.31. The SMILES string of the molecule is C=C[C@@H]1CC(C(=O)OCC)(C(=O)OCC)Cc2c1[nH]c1ccccc21. The number of esters is 2. The first kappa shape index (κ1) is 17.3. The average Bonchev–Trinajstić information content (AvgIpc) is 2.99. The molecule has 25 heavy (non-hydrogen) atoms. The van der Waals surface area contributed by atoms with Gasteiger partial charge in [-0.3, -0.25) is 9.59 Å². The van der Waals surface area contributed by atoms with Crippen LogP contribution in [0.15, 0.2) is 36.9 Å². The van der Waals surface area contributed by atoms with E-state index in [4.69, 9.17) is 9.47 Å². The highest BCUT2D eigenvalue weighted by molar-refractivity contribution is 6.02. The molecule has 1 N–H and O–H groups in total. The van der Waals surface area contributed by atoms with Crippen LogP contribution >= 0.6 is 0 Å². The van der Waals surface area contributed by atoms with Gasteiger partial charge in [0.1, 0.15) is 0 Å². The summed E-state index contributed by atoms with van der Waals surface area (Å²) in [6.45, 7) is 7.82. The maximum Gasteiger partial charge on any atom is 0.323 e. The van der Waals surface area contributed by atoms with Crippen molar-refractivity contribution in [3.8, 4) is 0 Å². The van der Waals surface area contributed by atoms with Crippen LogP contribution in [0.1, 0.15) is 37.4 Å². The van der Waals surface area contributed by atoms with Gasteiger partial charge < -0.3 is 14.5 Å². The molecule has 0 amide bonds. The van der Waals surface area contributed by atoms with Gasteiger partial charge in [-0.15, -0.1) is 6.58 Å². The lowest BCUT2D eigenvalue weighted by atomic mass is 9.68. The predicted octanol–water partition coefficient (Wildman–Crippen LogP) is 3.50. The zero-order valence-corrected chi connectivity index (χ0v) is 14.6. The first-order chi connectivity index (χ1) is 12.1. The molecule has 1 aliphatic rings. The lowest BCUT2D eigenvalue weighted by Gasteiger charge is -2.35. The molecule has 1 aromatic carbocycles. The van der Waals surface area contributed by atoms with Crippen molar-refractivity contribution in [3.05, 3.63) is 48.2 Å². The summed E-state index contributed by atoms with van der Waals surface area (Å²) in [6, 6.07) is 7.89. The van der Waals surface area contributed by atoms with E-state index in [0.717, 1.165) is 22.2 Å². The smallest absolute Gasteiger partial charge is 0.323 e. The van der Waals surface area contributed by atoms with Crippen LogP contribution in [0.4, 0.5) is 0 Å². The van der Waals surface area contributed by atoms with E-state index >= 15 is 0 Å². The molecular formula is C20H23NO4. The molecule has 1 atom stereocenters. The lowest BCUT2D eigenvalue weighted by Crippen LogP contribution is -2.47. The minimum Gasteiger partial charge on any atom is -0.465 e. The number of ether oxygens (including phenoxy) is 2. The highest BCUT2D eigenvalue weighted by Gasteiger charge is 2.53. The summed E-state index contributed by atoms with van der Waals surface area (Å²) in [5.41, 5.74) is 1.64. The topological polar surface area (TPSA) is 68.4 Å². The monoisotopic (exact) mass is 341 g/mol. The van der Waals surface area contributed by atoms with E-state index in [0.29, 0.717) is 6.42 Å². The molecule has 0 saturated heterocycles. The Morgan fingerprint density at radius 1 is 1.24 bits per heavy atom. The highest BCUT2D eigenvalue weighted by Crippen LogP contribution is 2.46. The molecule has 0 fully saturated rings. The van der Waals surface area contributed by atoms with E-state index in [1.807, 2.05) is 24.3 Å². The summed E-state index contributed by atoms with van der Waals surface area (Å²) in [5, 5.41) is 1.02. The molecule has 0 spiro atoms. The van der Waals surface area contributed by atoms with Gasteiger partial charge in [-0.1, -0.05) is 24.3 Å². The molecule has 0 saturated carbocycles. The summed E-state index contributed by atoms with van der Waals surface area (Å²) in [6.07, 6.45) is 2.35. The van der Waals surface area contributed by atoms with E-state index in [9.17, 15) is 9.59 Å². The number of carbonyl (C=O) groups excluding carboxylic acids is 2. The molecular weight excluding hydrogens is 318 g/mol. The Kier molecular flexibility index (Phi) is 4.66. The van der Waals surface area contributed by atoms with E-state index in [1.165, 1.54) is 0 Å². The quantitative estimate of drug-likeness (QED) is 0.513. The van der Waals surface area contributed by atoms with E-state index in [1.54, 1.807) is 19.9 Å². The van der Waals surface area contributed by atoms with Gasteiger partial charge in [0, 0.05) is 28.9 Å². The summed E-state index contributed by atoms with van der Waals surface area (Å²) in [4.78, 5) is 29.0. The number of hydrogen-bond donors (Lipinski definition) is 1. The Hall–Kier alpha value is -2.56. The molecule has 5 nitrogen and oxygen atoms in total. The third-order valence-electron chi connectivity index (χ3n) is 4.88. The molecule has 1 aliphatic carbocycles. The minimum atomic E-state index is -1.33. The van der Waals surface area contributed by atoms with Crippen molar-refractivity contribution in [3.63, 3.8) is 0 Å². The number of hydrogen-bond acceptors (Lipinski definition) is 4.